The predicted molar refractivity (Wildman–Crippen MR) is 117 cm³/mol. The average Bonchev–Trinajstić information content (AvgIpc) is 3.11. The van der Waals surface area contributed by atoms with Crippen molar-refractivity contribution in [3.63, 3.8) is 0 Å². The highest BCUT2D eigenvalue weighted by Crippen LogP contribution is 2.26. The van der Waals surface area contributed by atoms with Crippen molar-refractivity contribution in [2.75, 3.05) is 18.0 Å². The standard InChI is InChI=1S/C21H20ClFN4O2S/c1-12-3-4-14(9-17(12)23)16-7-8-26(11-18(16)28)20-24-13(2)27(21(29)25-20)10-15-5-6-19(22)30-15/h3-7,9,18,28H,8,10-11H2,1-2H3. The third-order valence-corrected chi connectivity index (χ3v) is 6.31. The van der Waals surface area contributed by atoms with Gasteiger partial charge in [-0.2, -0.15) is 9.97 Å². The Hall–Kier alpha value is -2.55. The smallest absolute Gasteiger partial charge is 0.352 e. The first kappa shape index (κ1) is 20.7. The van der Waals surface area contributed by atoms with Gasteiger partial charge in [0.15, 0.2) is 0 Å². The molecule has 9 heteroatoms. The van der Waals surface area contributed by atoms with Crippen LogP contribution in [0.1, 0.15) is 21.8 Å². The number of aliphatic hydroxyl groups excluding tert-OH is 1. The first-order valence-corrected chi connectivity index (χ1v) is 10.6. The van der Waals surface area contributed by atoms with Crippen molar-refractivity contribution < 1.29 is 9.50 Å². The van der Waals surface area contributed by atoms with Crippen LogP contribution < -0.4 is 10.6 Å². The maximum absolute atomic E-state index is 13.9. The number of nitrogens with zero attached hydrogens (tertiary/aromatic N) is 4. The number of hydrogen-bond donors (Lipinski definition) is 1. The minimum atomic E-state index is -0.847. The molecule has 0 aliphatic carbocycles. The Kier molecular flexibility index (Phi) is 5.73. The molecule has 1 unspecified atom stereocenters. The molecule has 4 rings (SSSR count). The molecule has 0 spiro atoms. The Morgan fingerprint density at radius 1 is 1.27 bits per heavy atom. The summed E-state index contributed by atoms with van der Waals surface area (Å²) in [6.45, 7) is 4.42. The van der Waals surface area contributed by atoms with E-state index < -0.39 is 11.8 Å². The van der Waals surface area contributed by atoms with Crippen molar-refractivity contribution in [2.24, 2.45) is 0 Å². The van der Waals surface area contributed by atoms with Gasteiger partial charge in [0, 0.05) is 11.4 Å². The number of rotatable bonds is 4. The van der Waals surface area contributed by atoms with Crippen molar-refractivity contribution in [3.8, 4) is 0 Å². The highest BCUT2D eigenvalue weighted by molar-refractivity contribution is 7.16. The van der Waals surface area contributed by atoms with Gasteiger partial charge in [0.25, 0.3) is 0 Å². The zero-order valence-electron chi connectivity index (χ0n) is 16.5. The molecule has 1 atom stereocenters. The summed E-state index contributed by atoms with van der Waals surface area (Å²) in [4.78, 5) is 23.8. The van der Waals surface area contributed by atoms with Crippen LogP contribution >= 0.6 is 22.9 Å². The SMILES string of the molecule is Cc1ccc(C2=CCN(c3nc(C)n(Cc4ccc(Cl)s4)c(=O)n3)CC2O)cc1F. The number of aliphatic hydroxyl groups is 1. The fourth-order valence-electron chi connectivity index (χ4n) is 3.40. The van der Waals surface area contributed by atoms with Crippen LogP contribution in [0.3, 0.4) is 0 Å². The normalized spacial score (nSPS) is 16.6. The molecule has 0 radical (unpaired) electrons. The van der Waals surface area contributed by atoms with Gasteiger partial charge in [-0.15, -0.1) is 11.3 Å². The minimum Gasteiger partial charge on any atom is -0.387 e. The van der Waals surface area contributed by atoms with Crippen molar-refractivity contribution in [1.29, 1.82) is 0 Å². The molecule has 30 heavy (non-hydrogen) atoms. The summed E-state index contributed by atoms with van der Waals surface area (Å²) in [6.07, 6.45) is 0.969. The minimum absolute atomic E-state index is 0.213. The Morgan fingerprint density at radius 3 is 2.70 bits per heavy atom. The predicted octanol–water partition coefficient (Wildman–Crippen LogP) is 3.42. The molecule has 0 fully saturated rings. The van der Waals surface area contributed by atoms with E-state index in [1.54, 1.807) is 36.9 Å². The number of hydrogen-bond acceptors (Lipinski definition) is 6. The van der Waals surface area contributed by atoms with Gasteiger partial charge < -0.3 is 10.0 Å². The largest absolute Gasteiger partial charge is 0.387 e. The van der Waals surface area contributed by atoms with E-state index in [0.29, 0.717) is 40.0 Å². The highest BCUT2D eigenvalue weighted by Gasteiger charge is 2.24. The fourth-order valence-corrected chi connectivity index (χ4v) is 4.48. The molecular formula is C21H20ClFN4O2S. The molecule has 3 heterocycles. The lowest BCUT2D eigenvalue weighted by atomic mass is 9.96. The van der Waals surface area contributed by atoms with Crippen LogP contribution in [0.5, 0.6) is 0 Å². The zero-order valence-corrected chi connectivity index (χ0v) is 18.0. The van der Waals surface area contributed by atoms with Crippen molar-refractivity contribution in [3.05, 3.63) is 78.9 Å². The van der Waals surface area contributed by atoms with Gasteiger partial charge in [-0.1, -0.05) is 29.8 Å². The first-order valence-electron chi connectivity index (χ1n) is 9.41. The Labute approximate surface area is 181 Å². The molecule has 0 saturated heterocycles. The molecule has 0 bridgehead atoms. The molecule has 6 nitrogen and oxygen atoms in total. The lowest BCUT2D eigenvalue weighted by Gasteiger charge is -2.30. The van der Waals surface area contributed by atoms with Crippen LogP contribution in [0.2, 0.25) is 4.34 Å². The molecule has 1 aliphatic rings. The number of anilines is 1. The van der Waals surface area contributed by atoms with Crippen LogP contribution in [0.15, 0.2) is 41.2 Å². The topological polar surface area (TPSA) is 71.2 Å². The molecule has 156 valence electrons. The number of aryl methyl sites for hydroxylation is 2. The summed E-state index contributed by atoms with van der Waals surface area (Å²) >= 11 is 7.37. The summed E-state index contributed by atoms with van der Waals surface area (Å²) in [5.74, 6) is 0.486. The first-order chi connectivity index (χ1) is 14.3. The van der Waals surface area contributed by atoms with Crippen LogP contribution in [-0.4, -0.2) is 38.8 Å². The quantitative estimate of drug-likeness (QED) is 0.665. The van der Waals surface area contributed by atoms with Gasteiger partial charge in [0.2, 0.25) is 5.95 Å². The lowest BCUT2D eigenvalue weighted by Crippen LogP contribution is -2.40. The molecule has 1 N–H and O–H groups in total. The van der Waals surface area contributed by atoms with E-state index in [-0.39, 0.29) is 18.3 Å². The molecule has 2 aromatic heterocycles. The van der Waals surface area contributed by atoms with E-state index in [1.165, 1.54) is 22.0 Å². The third kappa shape index (κ3) is 4.16. The van der Waals surface area contributed by atoms with Gasteiger partial charge >= 0.3 is 5.69 Å². The Balaban J connectivity index is 1.57. The fraction of sp³-hybridized carbons (Fsp3) is 0.286. The van der Waals surface area contributed by atoms with Crippen molar-refractivity contribution >= 4 is 34.5 Å². The second kappa shape index (κ2) is 8.29. The summed E-state index contributed by atoms with van der Waals surface area (Å²) in [5, 5.41) is 10.6. The summed E-state index contributed by atoms with van der Waals surface area (Å²) < 4.78 is 16.1. The van der Waals surface area contributed by atoms with Crippen LogP contribution in [0.25, 0.3) is 5.57 Å². The maximum atomic E-state index is 13.9. The van der Waals surface area contributed by atoms with E-state index in [0.717, 1.165) is 4.88 Å². The van der Waals surface area contributed by atoms with E-state index in [4.69, 9.17) is 11.6 Å². The molecule has 1 aliphatic heterocycles. The van der Waals surface area contributed by atoms with Crippen LogP contribution in [0.4, 0.5) is 10.3 Å². The second-order valence-electron chi connectivity index (χ2n) is 7.19. The van der Waals surface area contributed by atoms with E-state index in [9.17, 15) is 14.3 Å². The lowest BCUT2D eigenvalue weighted by molar-refractivity contribution is 0.233. The van der Waals surface area contributed by atoms with Crippen LogP contribution in [-0.2, 0) is 6.54 Å². The van der Waals surface area contributed by atoms with Crippen LogP contribution in [0, 0.1) is 19.7 Å². The number of benzene rings is 1. The molecule has 1 aromatic carbocycles. The van der Waals surface area contributed by atoms with Gasteiger partial charge in [0.05, 0.1) is 23.5 Å². The van der Waals surface area contributed by atoms with E-state index in [2.05, 4.69) is 9.97 Å². The molecule has 3 aromatic rings. The highest BCUT2D eigenvalue weighted by atomic mass is 35.5. The van der Waals surface area contributed by atoms with Crippen molar-refractivity contribution in [1.82, 2.24) is 14.5 Å². The third-order valence-electron chi connectivity index (χ3n) is 5.09. The average molecular weight is 447 g/mol. The van der Waals surface area contributed by atoms with Gasteiger partial charge in [0.1, 0.15) is 11.6 Å². The zero-order chi connectivity index (χ0) is 21.4. The summed E-state index contributed by atoms with van der Waals surface area (Å²) in [5.41, 5.74) is 1.45. The molecule has 0 amide bonds. The molecular weight excluding hydrogens is 427 g/mol. The maximum Gasteiger partial charge on any atom is 0.352 e. The van der Waals surface area contributed by atoms with Crippen molar-refractivity contribution in [2.45, 2.75) is 26.5 Å². The molecule has 0 saturated carbocycles. The summed E-state index contributed by atoms with van der Waals surface area (Å²) in [7, 11) is 0. The summed E-state index contributed by atoms with van der Waals surface area (Å²) in [6, 6.07) is 8.57. The van der Waals surface area contributed by atoms with Gasteiger partial charge in [-0.3, -0.25) is 4.57 Å². The second-order valence-corrected chi connectivity index (χ2v) is 8.99. The number of halogens is 2. The Bertz CT molecular complexity index is 1190. The number of aromatic nitrogens is 3. The van der Waals surface area contributed by atoms with Gasteiger partial charge in [-0.25, -0.2) is 9.18 Å². The van der Waals surface area contributed by atoms with E-state index in [1.807, 2.05) is 12.1 Å². The monoisotopic (exact) mass is 446 g/mol. The van der Waals surface area contributed by atoms with E-state index >= 15 is 0 Å². The number of β-amino-alcohol motifs (C(OH)–C–C–N with tert-alkyl or cyclic N) is 1. The number of thiophene rings is 1. The van der Waals surface area contributed by atoms with Gasteiger partial charge in [-0.05, 0) is 48.7 Å². The Morgan fingerprint density at radius 2 is 2.07 bits per heavy atom.